The van der Waals surface area contributed by atoms with Gasteiger partial charge in [-0.05, 0) is 54.5 Å². The lowest BCUT2D eigenvalue weighted by atomic mass is 10.1. The van der Waals surface area contributed by atoms with E-state index in [-0.39, 0.29) is 11.0 Å². The maximum absolute atomic E-state index is 12.4. The van der Waals surface area contributed by atoms with E-state index in [9.17, 15) is 4.79 Å². The van der Waals surface area contributed by atoms with Crippen LogP contribution in [0.15, 0.2) is 77.3 Å². The Hall–Kier alpha value is -2.70. The summed E-state index contributed by atoms with van der Waals surface area (Å²) in [5.74, 6) is 0.445. The Balaban J connectivity index is 1.57. The molecule has 28 heavy (non-hydrogen) atoms. The van der Waals surface area contributed by atoms with Gasteiger partial charge in [-0.3, -0.25) is 10.1 Å². The van der Waals surface area contributed by atoms with Crippen LogP contribution >= 0.6 is 28.1 Å². The van der Waals surface area contributed by atoms with Crippen molar-refractivity contribution in [2.75, 3.05) is 5.32 Å². The standard InChI is InChI=1S/C22H19BrN2O2S/c1-15-10-11-17(12-20(15)23)21(26)25-22(28)24-18-8-5-9-19(13-18)27-14-16-6-3-2-4-7-16/h2-13H,14H2,1H3,(H2,24,25,26,28). The average Bonchev–Trinajstić information content (AvgIpc) is 2.69. The second-order valence-electron chi connectivity index (χ2n) is 6.17. The largest absolute Gasteiger partial charge is 0.489 e. The number of ether oxygens (including phenoxy) is 1. The van der Waals surface area contributed by atoms with Crippen molar-refractivity contribution in [2.24, 2.45) is 0 Å². The zero-order valence-electron chi connectivity index (χ0n) is 15.2. The molecule has 0 unspecified atom stereocenters. The second kappa shape index (κ2) is 9.48. The van der Waals surface area contributed by atoms with E-state index >= 15 is 0 Å². The van der Waals surface area contributed by atoms with Crippen LogP contribution in [0.25, 0.3) is 0 Å². The van der Waals surface area contributed by atoms with Gasteiger partial charge in [-0.1, -0.05) is 58.4 Å². The SMILES string of the molecule is Cc1ccc(C(=O)NC(=S)Nc2cccc(OCc3ccccc3)c2)cc1Br. The van der Waals surface area contributed by atoms with Crippen molar-refractivity contribution in [3.05, 3.63) is 94.0 Å². The molecule has 0 spiro atoms. The van der Waals surface area contributed by atoms with Gasteiger partial charge in [-0.2, -0.15) is 0 Å². The summed E-state index contributed by atoms with van der Waals surface area (Å²) >= 11 is 8.69. The summed E-state index contributed by atoms with van der Waals surface area (Å²) in [5.41, 5.74) is 3.42. The third-order valence-electron chi connectivity index (χ3n) is 4.00. The number of carbonyl (C=O) groups excluding carboxylic acids is 1. The fourth-order valence-corrected chi connectivity index (χ4v) is 3.07. The van der Waals surface area contributed by atoms with Crippen molar-refractivity contribution in [2.45, 2.75) is 13.5 Å². The predicted molar refractivity (Wildman–Crippen MR) is 120 cm³/mol. The van der Waals surface area contributed by atoms with Gasteiger partial charge in [0.05, 0.1) is 0 Å². The van der Waals surface area contributed by atoms with Crippen molar-refractivity contribution < 1.29 is 9.53 Å². The Kier molecular flexibility index (Phi) is 6.79. The van der Waals surface area contributed by atoms with Gasteiger partial charge in [0.25, 0.3) is 5.91 Å². The number of thiocarbonyl (C=S) groups is 1. The molecule has 6 heteroatoms. The zero-order chi connectivity index (χ0) is 19.9. The minimum absolute atomic E-state index is 0.224. The average molecular weight is 455 g/mol. The number of anilines is 1. The van der Waals surface area contributed by atoms with E-state index in [0.29, 0.717) is 17.9 Å². The first-order chi connectivity index (χ1) is 13.5. The lowest BCUT2D eigenvalue weighted by molar-refractivity contribution is 0.0977. The summed E-state index contributed by atoms with van der Waals surface area (Å²) in [5, 5.41) is 5.93. The van der Waals surface area contributed by atoms with Crippen LogP contribution in [0, 0.1) is 6.92 Å². The van der Waals surface area contributed by atoms with E-state index in [1.54, 1.807) is 12.1 Å². The first kappa shape index (κ1) is 20.0. The van der Waals surface area contributed by atoms with Crippen LogP contribution in [-0.4, -0.2) is 11.0 Å². The highest BCUT2D eigenvalue weighted by molar-refractivity contribution is 9.10. The van der Waals surface area contributed by atoms with Crippen molar-refractivity contribution >= 4 is 44.9 Å². The highest BCUT2D eigenvalue weighted by atomic mass is 79.9. The molecular weight excluding hydrogens is 436 g/mol. The third kappa shape index (κ3) is 5.65. The molecule has 0 heterocycles. The van der Waals surface area contributed by atoms with Gasteiger partial charge < -0.3 is 10.1 Å². The summed E-state index contributed by atoms with van der Waals surface area (Å²) in [4.78, 5) is 12.4. The minimum Gasteiger partial charge on any atom is -0.489 e. The number of amides is 1. The van der Waals surface area contributed by atoms with Crippen LogP contribution in [0.2, 0.25) is 0 Å². The maximum atomic E-state index is 12.4. The molecule has 0 saturated heterocycles. The predicted octanol–water partition coefficient (Wildman–Crippen LogP) is 5.46. The number of aryl methyl sites for hydroxylation is 1. The number of nitrogens with one attached hydrogen (secondary N) is 2. The van der Waals surface area contributed by atoms with Crippen LogP contribution in [0.5, 0.6) is 5.75 Å². The van der Waals surface area contributed by atoms with Crippen LogP contribution in [0.4, 0.5) is 5.69 Å². The number of hydrogen-bond donors (Lipinski definition) is 2. The Morgan fingerprint density at radius 3 is 2.57 bits per heavy atom. The molecule has 4 nitrogen and oxygen atoms in total. The molecule has 0 saturated carbocycles. The molecule has 0 fully saturated rings. The van der Waals surface area contributed by atoms with Crippen molar-refractivity contribution in [3.63, 3.8) is 0 Å². The van der Waals surface area contributed by atoms with Crippen LogP contribution < -0.4 is 15.4 Å². The van der Waals surface area contributed by atoms with Crippen molar-refractivity contribution in [1.29, 1.82) is 0 Å². The molecule has 0 radical (unpaired) electrons. The fourth-order valence-electron chi connectivity index (χ4n) is 2.48. The van der Waals surface area contributed by atoms with Gasteiger partial charge in [-0.25, -0.2) is 0 Å². The molecule has 0 aliphatic heterocycles. The molecule has 0 aliphatic rings. The normalized spacial score (nSPS) is 10.2. The van der Waals surface area contributed by atoms with E-state index in [1.807, 2.05) is 67.6 Å². The number of halogens is 1. The van der Waals surface area contributed by atoms with Crippen LogP contribution in [0.1, 0.15) is 21.5 Å². The van der Waals surface area contributed by atoms with E-state index in [2.05, 4.69) is 26.6 Å². The summed E-state index contributed by atoms with van der Waals surface area (Å²) in [6.45, 7) is 2.44. The van der Waals surface area contributed by atoms with E-state index in [1.165, 1.54) is 0 Å². The molecule has 0 aromatic heterocycles. The second-order valence-corrected chi connectivity index (χ2v) is 7.44. The molecule has 2 N–H and O–H groups in total. The maximum Gasteiger partial charge on any atom is 0.257 e. The molecule has 142 valence electrons. The summed E-state index contributed by atoms with van der Waals surface area (Å²) < 4.78 is 6.69. The monoisotopic (exact) mass is 454 g/mol. The van der Waals surface area contributed by atoms with Gasteiger partial charge in [0, 0.05) is 21.8 Å². The lowest BCUT2D eigenvalue weighted by Crippen LogP contribution is -2.34. The quantitative estimate of drug-likeness (QED) is 0.502. The van der Waals surface area contributed by atoms with Crippen molar-refractivity contribution in [1.82, 2.24) is 5.32 Å². The molecule has 0 aliphatic carbocycles. The van der Waals surface area contributed by atoms with Crippen LogP contribution in [-0.2, 0) is 6.61 Å². The lowest BCUT2D eigenvalue weighted by Gasteiger charge is -2.12. The van der Waals surface area contributed by atoms with Crippen LogP contribution in [0.3, 0.4) is 0 Å². The number of rotatable bonds is 5. The Morgan fingerprint density at radius 1 is 1.04 bits per heavy atom. The molecule has 3 rings (SSSR count). The summed E-state index contributed by atoms with van der Waals surface area (Å²) in [7, 11) is 0. The third-order valence-corrected chi connectivity index (χ3v) is 5.06. The topological polar surface area (TPSA) is 50.4 Å². The Labute approximate surface area is 178 Å². The van der Waals surface area contributed by atoms with Gasteiger partial charge >= 0.3 is 0 Å². The number of carbonyl (C=O) groups is 1. The number of benzene rings is 3. The van der Waals surface area contributed by atoms with E-state index in [4.69, 9.17) is 17.0 Å². The molecular formula is C22H19BrN2O2S. The number of hydrogen-bond acceptors (Lipinski definition) is 3. The minimum atomic E-state index is -0.269. The smallest absolute Gasteiger partial charge is 0.257 e. The molecule has 0 atom stereocenters. The van der Waals surface area contributed by atoms with Gasteiger partial charge in [0.2, 0.25) is 0 Å². The highest BCUT2D eigenvalue weighted by Gasteiger charge is 2.09. The van der Waals surface area contributed by atoms with E-state index in [0.717, 1.165) is 21.3 Å². The Bertz CT molecular complexity index is 993. The van der Waals surface area contributed by atoms with Crippen molar-refractivity contribution in [3.8, 4) is 5.75 Å². The summed E-state index contributed by atoms with van der Waals surface area (Å²) in [6, 6.07) is 22.8. The molecule has 3 aromatic carbocycles. The summed E-state index contributed by atoms with van der Waals surface area (Å²) in [6.07, 6.45) is 0. The molecule has 3 aromatic rings. The first-order valence-electron chi connectivity index (χ1n) is 8.66. The van der Waals surface area contributed by atoms with Gasteiger partial charge in [0.1, 0.15) is 12.4 Å². The van der Waals surface area contributed by atoms with Gasteiger partial charge in [-0.15, -0.1) is 0 Å². The fraction of sp³-hybridized carbons (Fsp3) is 0.0909. The first-order valence-corrected chi connectivity index (χ1v) is 9.86. The molecule has 0 bridgehead atoms. The van der Waals surface area contributed by atoms with Gasteiger partial charge in [0.15, 0.2) is 5.11 Å². The zero-order valence-corrected chi connectivity index (χ0v) is 17.6. The molecule has 1 amide bonds. The highest BCUT2D eigenvalue weighted by Crippen LogP contribution is 2.19. The Morgan fingerprint density at radius 2 is 1.82 bits per heavy atom. The van der Waals surface area contributed by atoms with E-state index < -0.39 is 0 Å².